The third kappa shape index (κ3) is 5.12. The Labute approximate surface area is 211 Å². The second-order valence-corrected chi connectivity index (χ2v) is 8.80. The van der Waals surface area contributed by atoms with Crippen LogP contribution >= 0.6 is 0 Å². The number of carbonyl (C=O) groups excluding carboxylic acids is 1. The average molecular weight is 511 g/mol. The molecule has 1 amide bonds. The van der Waals surface area contributed by atoms with Crippen LogP contribution in [-0.4, -0.2) is 58.1 Å². The molecule has 37 heavy (non-hydrogen) atoms. The smallest absolute Gasteiger partial charge is 0.256 e. The highest BCUT2D eigenvalue weighted by Gasteiger charge is 2.35. The monoisotopic (exact) mass is 510 g/mol. The van der Waals surface area contributed by atoms with Crippen molar-refractivity contribution in [1.29, 1.82) is 0 Å². The molecule has 8 nitrogen and oxygen atoms in total. The van der Waals surface area contributed by atoms with Crippen LogP contribution in [0.1, 0.15) is 23.7 Å². The van der Waals surface area contributed by atoms with Gasteiger partial charge in [0.25, 0.3) is 12.3 Å². The summed E-state index contributed by atoms with van der Waals surface area (Å²) in [6, 6.07) is 6.85. The van der Waals surface area contributed by atoms with Crippen molar-refractivity contribution in [2.75, 3.05) is 23.9 Å². The van der Waals surface area contributed by atoms with E-state index in [4.69, 9.17) is 4.74 Å². The van der Waals surface area contributed by atoms with Gasteiger partial charge in [-0.2, -0.15) is 0 Å². The van der Waals surface area contributed by atoms with Crippen LogP contribution < -0.4 is 10.2 Å². The maximum absolute atomic E-state index is 14.5. The number of methoxy groups -OCH3 is 1. The molecule has 192 valence electrons. The zero-order valence-electron chi connectivity index (χ0n) is 20.0. The van der Waals surface area contributed by atoms with Gasteiger partial charge in [-0.3, -0.25) is 9.78 Å². The van der Waals surface area contributed by atoms with Gasteiger partial charge in [-0.05, 0) is 43.2 Å². The number of nitrogens with one attached hydrogen (secondary N) is 1. The summed E-state index contributed by atoms with van der Waals surface area (Å²) in [6.45, 7) is -0.831. The fourth-order valence-corrected chi connectivity index (χ4v) is 4.69. The summed E-state index contributed by atoms with van der Waals surface area (Å²) in [5, 5.41) is 11.7. The minimum atomic E-state index is -2.78. The number of aromatic nitrogens is 4. The van der Waals surface area contributed by atoms with Crippen molar-refractivity contribution in [2.24, 2.45) is 0 Å². The molecular formula is C26H25F3N6O2. The average Bonchev–Trinajstić information content (AvgIpc) is 3.34. The molecule has 3 unspecified atom stereocenters. The Balaban J connectivity index is 1.38. The van der Waals surface area contributed by atoms with Crippen LogP contribution in [0.3, 0.4) is 0 Å². The lowest BCUT2D eigenvalue weighted by atomic mass is 9.98. The molecule has 3 heterocycles. The van der Waals surface area contributed by atoms with Crippen molar-refractivity contribution in [3.8, 4) is 0 Å². The number of carbonyl (C=O) groups is 1. The number of halogens is 3. The Hall–Kier alpha value is -3.99. The van der Waals surface area contributed by atoms with E-state index >= 15 is 0 Å². The fraction of sp³-hybridized carbons (Fsp3) is 0.308. The molecule has 0 bridgehead atoms. The van der Waals surface area contributed by atoms with Gasteiger partial charge in [0.2, 0.25) is 0 Å². The lowest BCUT2D eigenvalue weighted by Crippen LogP contribution is -2.39. The first-order chi connectivity index (χ1) is 17.9. The topological polar surface area (TPSA) is 85.2 Å². The third-order valence-electron chi connectivity index (χ3n) is 6.52. The van der Waals surface area contributed by atoms with Gasteiger partial charge in [-0.25, -0.2) is 17.9 Å². The number of ether oxygens (including phenoxy) is 1. The van der Waals surface area contributed by atoms with Crippen molar-refractivity contribution in [3.63, 3.8) is 0 Å². The predicted molar refractivity (Wildman–Crippen MR) is 132 cm³/mol. The van der Waals surface area contributed by atoms with E-state index in [2.05, 4.69) is 20.6 Å². The SMILES string of the molecule is COC1C=C(c2cn(C3CCc4c(F)cccc4N(CC(F)F)C3=O)nn2)C=CC1Nc1ccncc1. The standard InChI is InChI=1S/C26H25F3N6O2/c1-37-24-13-16(5-7-20(24)31-17-9-11-30-12-10-17)21-14-35(33-32-21)23-8-6-18-19(27)3-2-4-22(18)34(26(23)36)15-25(28)29/h2-5,7,9-14,20,23-25H,6,8,15H2,1H3,(H,30,31). The zero-order valence-corrected chi connectivity index (χ0v) is 20.0. The molecule has 5 rings (SSSR count). The van der Waals surface area contributed by atoms with Crippen LogP contribution in [0.4, 0.5) is 24.5 Å². The molecule has 2 aliphatic rings. The van der Waals surface area contributed by atoms with Crippen molar-refractivity contribution in [3.05, 3.63) is 84.2 Å². The Morgan fingerprint density at radius 3 is 2.78 bits per heavy atom. The van der Waals surface area contributed by atoms with E-state index in [1.54, 1.807) is 25.7 Å². The van der Waals surface area contributed by atoms with Gasteiger partial charge in [0.15, 0.2) is 0 Å². The summed E-state index contributed by atoms with van der Waals surface area (Å²) in [5.41, 5.74) is 2.55. The molecule has 3 aromatic rings. The van der Waals surface area contributed by atoms with Gasteiger partial charge in [-0.1, -0.05) is 23.4 Å². The largest absolute Gasteiger partial charge is 0.376 e. The minimum absolute atomic E-state index is 0.133. The normalized spacial score (nSPS) is 21.5. The Morgan fingerprint density at radius 2 is 2.03 bits per heavy atom. The number of allylic oxidation sites excluding steroid dienone is 2. The molecule has 2 aromatic heterocycles. The van der Waals surface area contributed by atoms with E-state index in [0.29, 0.717) is 5.69 Å². The molecule has 0 saturated carbocycles. The first-order valence-electron chi connectivity index (χ1n) is 11.8. The maximum Gasteiger partial charge on any atom is 0.256 e. The molecule has 3 atom stereocenters. The highest BCUT2D eigenvalue weighted by atomic mass is 19.3. The second-order valence-electron chi connectivity index (χ2n) is 8.80. The van der Waals surface area contributed by atoms with Gasteiger partial charge in [0, 0.05) is 36.3 Å². The number of alkyl halides is 2. The number of fused-ring (bicyclic) bond motifs is 1. The van der Waals surface area contributed by atoms with E-state index in [1.165, 1.54) is 22.9 Å². The number of rotatable bonds is 7. The first kappa shape index (κ1) is 24.7. The molecule has 0 saturated heterocycles. The highest BCUT2D eigenvalue weighted by molar-refractivity contribution is 5.97. The van der Waals surface area contributed by atoms with Crippen molar-refractivity contribution in [1.82, 2.24) is 20.0 Å². The summed E-state index contributed by atoms with van der Waals surface area (Å²) >= 11 is 0. The number of amides is 1. The van der Waals surface area contributed by atoms with Gasteiger partial charge in [0.05, 0.1) is 30.6 Å². The van der Waals surface area contributed by atoms with E-state index in [1.807, 2.05) is 30.4 Å². The van der Waals surface area contributed by atoms with Gasteiger partial charge < -0.3 is 15.0 Å². The fourth-order valence-electron chi connectivity index (χ4n) is 4.69. The molecule has 0 radical (unpaired) electrons. The number of nitrogens with zero attached hydrogens (tertiary/aromatic N) is 5. The molecule has 0 spiro atoms. The van der Waals surface area contributed by atoms with Crippen LogP contribution in [0.5, 0.6) is 0 Å². The van der Waals surface area contributed by atoms with Crippen LogP contribution in [0.25, 0.3) is 5.57 Å². The summed E-state index contributed by atoms with van der Waals surface area (Å²) in [7, 11) is 1.61. The zero-order chi connectivity index (χ0) is 25.9. The van der Waals surface area contributed by atoms with Crippen LogP contribution in [0.15, 0.2) is 67.2 Å². The predicted octanol–water partition coefficient (Wildman–Crippen LogP) is 4.05. The van der Waals surface area contributed by atoms with Gasteiger partial charge in [-0.15, -0.1) is 5.10 Å². The molecule has 1 aromatic carbocycles. The van der Waals surface area contributed by atoms with Crippen LogP contribution in [0.2, 0.25) is 0 Å². The van der Waals surface area contributed by atoms with E-state index in [9.17, 15) is 18.0 Å². The lowest BCUT2D eigenvalue weighted by molar-refractivity contribution is -0.122. The van der Waals surface area contributed by atoms with E-state index < -0.39 is 30.7 Å². The van der Waals surface area contributed by atoms with E-state index in [-0.39, 0.29) is 36.2 Å². The van der Waals surface area contributed by atoms with Crippen LogP contribution in [-0.2, 0) is 16.0 Å². The summed E-state index contributed by atoms with van der Waals surface area (Å²) in [5.74, 6) is -1.10. The van der Waals surface area contributed by atoms with E-state index in [0.717, 1.165) is 16.2 Å². The maximum atomic E-state index is 14.5. The number of anilines is 2. The van der Waals surface area contributed by atoms with Crippen LogP contribution in [0, 0.1) is 5.82 Å². The molecule has 1 aliphatic heterocycles. The molecule has 1 aliphatic carbocycles. The summed E-state index contributed by atoms with van der Waals surface area (Å²) in [6.07, 6.45) is 8.04. The first-order valence-corrected chi connectivity index (χ1v) is 11.8. The lowest BCUT2D eigenvalue weighted by Gasteiger charge is -2.26. The molecule has 11 heteroatoms. The van der Waals surface area contributed by atoms with Gasteiger partial charge in [0.1, 0.15) is 17.6 Å². The Kier molecular flexibility index (Phi) is 7.04. The van der Waals surface area contributed by atoms with Gasteiger partial charge >= 0.3 is 0 Å². The molecule has 0 fully saturated rings. The summed E-state index contributed by atoms with van der Waals surface area (Å²) in [4.78, 5) is 18.3. The minimum Gasteiger partial charge on any atom is -0.376 e. The number of hydrogen-bond donors (Lipinski definition) is 1. The van der Waals surface area contributed by atoms with Crippen molar-refractivity contribution < 1.29 is 22.7 Å². The molecular weight excluding hydrogens is 485 g/mol. The quantitative estimate of drug-likeness (QED) is 0.517. The second kappa shape index (κ2) is 10.6. The number of benzene rings is 1. The molecule has 1 N–H and O–H groups in total. The third-order valence-corrected chi connectivity index (χ3v) is 6.52. The Bertz CT molecular complexity index is 1330. The summed E-state index contributed by atoms with van der Waals surface area (Å²) < 4.78 is 48.3. The number of pyridine rings is 1. The van der Waals surface area contributed by atoms with Crippen molar-refractivity contribution >= 4 is 22.9 Å². The Morgan fingerprint density at radius 1 is 1.22 bits per heavy atom. The number of hydrogen-bond acceptors (Lipinski definition) is 6. The van der Waals surface area contributed by atoms with Crippen molar-refractivity contribution in [2.45, 2.75) is 37.5 Å². The highest BCUT2D eigenvalue weighted by Crippen LogP contribution is 2.34.